The predicted octanol–water partition coefficient (Wildman–Crippen LogP) is 4.19. The Morgan fingerprint density at radius 2 is 1.61 bits per heavy atom. The molecule has 0 N–H and O–H groups in total. The number of hydrogen-bond donors (Lipinski definition) is 0. The topological polar surface area (TPSA) is 17.1 Å². The molecule has 1 unspecified atom stereocenters. The van der Waals surface area contributed by atoms with Gasteiger partial charge in [-0.1, -0.05) is 30.0 Å². The van der Waals surface area contributed by atoms with E-state index in [1.54, 1.807) is 18.0 Å². The normalized spacial score (nSPS) is 12.4. The van der Waals surface area contributed by atoms with E-state index in [4.69, 9.17) is 0 Å². The molecule has 2 aromatic carbocycles. The molecular weight excluding hydrogens is 260 g/mol. The molecule has 2 rings (SSSR count). The van der Waals surface area contributed by atoms with Crippen LogP contribution < -0.4 is 0 Å². The lowest BCUT2D eigenvalue weighted by Crippen LogP contribution is -1.95. The van der Waals surface area contributed by atoms with Gasteiger partial charge in [0.2, 0.25) is 0 Å². The van der Waals surface area contributed by atoms with Crippen LogP contribution in [0.5, 0.6) is 0 Å². The Morgan fingerprint density at radius 1 is 0.944 bits per heavy atom. The molecule has 0 saturated carbocycles. The molecule has 0 fully saturated rings. The van der Waals surface area contributed by atoms with E-state index in [9.17, 15) is 4.21 Å². The molecule has 0 aromatic heterocycles. The zero-order valence-corrected chi connectivity index (χ0v) is 12.4. The summed E-state index contributed by atoms with van der Waals surface area (Å²) in [5.41, 5.74) is 2.35. The summed E-state index contributed by atoms with van der Waals surface area (Å²) in [5.74, 6) is 0. The van der Waals surface area contributed by atoms with Gasteiger partial charge in [0.1, 0.15) is 0 Å². The van der Waals surface area contributed by atoms with Gasteiger partial charge in [-0.15, -0.1) is 0 Å². The van der Waals surface area contributed by atoms with Crippen molar-refractivity contribution in [2.75, 3.05) is 6.26 Å². The fourth-order valence-electron chi connectivity index (χ4n) is 1.81. The fraction of sp³-hybridized carbons (Fsp3) is 0.200. The Labute approximate surface area is 115 Å². The van der Waals surface area contributed by atoms with Crippen molar-refractivity contribution in [3.63, 3.8) is 0 Å². The van der Waals surface area contributed by atoms with Crippen LogP contribution in [0.4, 0.5) is 0 Å². The zero-order valence-electron chi connectivity index (χ0n) is 10.8. The molecule has 0 aliphatic carbocycles. The maximum atomic E-state index is 11.6. The quantitative estimate of drug-likeness (QED) is 0.836. The first-order valence-electron chi connectivity index (χ1n) is 5.76. The molecule has 3 heteroatoms. The molecule has 1 atom stereocenters. The van der Waals surface area contributed by atoms with E-state index in [0.29, 0.717) is 0 Å². The van der Waals surface area contributed by atoms with E-state index in [0.717, 1.165) is 10.5 Å². The summed E-state index contributed by atoms with van der Waals surface area (Å²) in [6, 6.07) is 14.3. The third kappa shape index (κ3) is 2.85. The average Bonchev–Trinajstić information content (AvgIpc) is 2.36. The van der Waals surface area contributed by atoms with Crippen molar-refractivity contribution < 1.29 is 4.21 Å². The molecule has 0 aliphatic heterocycles. The Kier molecular flexibility index (Phi) is 4.25. The van der Waals surface area contributed by atoms with E-state index >= 15 is 0 Å². The molecule has 18 heavy (non-hydrogen) atoms. The number of hydrogen-bond acceptors (Lipinski definition) is 2. The van der Waals surface area contributed by atoms with Crippen LogP contribution in [0.15, 0.2) is 57.2 Å². The maximum Gasteiger partial charge on any atom is 0.0500 e. The second kappa shape index (κ2) is 5.72. The van der Waals surface area contributed by atoms with Crippen LogP contribution in [0.25, 0.3) is 0 Å². The average molecular weight is 276 g/mol. The summed E-state index contributed by atoms with van der Waals surface area (Å²) in [6.07, 6.45) is 1.73. The monoisotopic (exact) mass is 276 g/mol. The van der Waals surface area contributed by atoms with Crippen molar-refractivity contribution in [2.24, 2.45) is 0 Å². The van der Waals surface area contributed by atoms with Crippen LogP contribution in [-0.2, 0) is 10.8 Å². The predicted molar refractivity (Wildman–Crippen MR) is 78.8 cm³/mol. The highest BCUT2D eigenvalue weighted by molar-refractivity contribution is 7.99. The lowest BCUT2D eigenvalue weighted by molar-refractivity contribution is 0.686. The molecule has 1 nitrogen and oxygen atoms in total. The Hall–Kier alpha value is -1.06. The highest BCUT2D eigenvalue weighted by atomic mass is 32.2. The first-order valence-corrected chi connectivity index (χ1v) is 8.13. The van der Waals surface area contributed by atoms with Crippen molar-refractivity contribution in [1.29, 1.82) is 0 Å². The van der Waals surface area contributed by atoms with E-state index in [1.807, 2.05) is 31.2 Å². The van der Waals surface area contributed by atoms with E-state index < -0.39 is 10.8 Å². The van der Waals surface area contributed by atoms with Crippen LogP contribution in [-0.4, -0.2) is 10.5 Å². The molecule has 94 valence electrons. The summed E-state index contributed by atoms with van der Waals surface area (Å²) in [4.78, 5) is 3.39. The first kappa shape index (κ1) is 13.4. The molecule has 2 aromatic rings. The van der Waals surface area contributed by atoms with Gasteiger partial charge in [0.05, 0.1) is 10.8 Å². The molecule has 0 amide bonds. The van der Waals surface area contributed by atoms with E-state index in [2.05, 4.69) is 25.1 Å². The molecule has 0 spiro atoms. The molecule has 0 radical (unpaired) electrons. The molecule has 0 bridgehead atoms. The van der Waals surface area contributed by atoms with Crippen LogP contribution in [0.1, 0.15) is 11.1 Å². The third-order valence-electron chi connectivity index (χ3n) is 2.97. The van der Waals surface area contributed by atoms with Gasteiger partial charge in [-0.05, 0) is 49.2 Å². The molecule has 0 saturated heterocycles. The van der Waals surface area contributed by atoms with Crippen LogP contribution in [0.2, 0.25) is 0 Å². The van der Waals surface area contributed by atoms with E-state index in [-0.39, 0.29) is 0 Å². The minimum absolute atomic E-state index is 0.915. The second-order valence-corrected chi connectivity index (χ2v) is 6.64. The van der Waals surface area contributed by atoms with Crippen molar-refractivity contribution in [3.8, 4) is 0 Å². The van der Waals surface area contributed by atoms with Crippen LogP contribution >= 0.6 is 11.8 Å². The van der Waals surface area contributed by atoms with Crippen molar-refractivity contribution in [2.45, 2.75) is 28.5 Å². The first-order chi connectivity index (χ1) is 8.59. The Bertz CT molecular complexity index is 577. The van der Waals surface area contributed by atoms with Crippen molar-refractivity contribution in [3.05, 3.63) is 53.6 Å². The summed E-state index contributed by atoms with van der Waals surface area (Å²) in [5, 5.41) is 0. The van der Waals surface area contributed by atoms with E-state index in [1.165, 1.54) is 15.4 Å². The lowest BCUT2D eigenvalue weighted by Gasteiger charge is -2.11. The van der Waals surface area contributed by atoms with Crippen molar-refractivity contribution >= 4 is 22.6 Å². The van der Waals surface area contributed by atoms with Gasteiger partial charge in [0.15, 0.2) is 0 Å². The molecule has 0 aliphatic rings. The molecular formula is C15H16OS2. The van der Waals surface area contributed by atoms with Gasteiger partial charge in [-0.25, -0.2) is 0 Å². The van der Waals surface area contributed by atoms with Crippen molar-refractivity contribution in [1.82, 2.24) is 0 Å². The van der Waals surface area contributed by atoms with Gasteiger partial charge in [-0.2, -0.15) is 0 Å². The zero-order chi connectivity index (χ0) is 13.1. The number of rotatable bonds is 3. The van der Waals surface area contributed by atoms with Gasteiger partial charge < -0.3 is 0 Å². The minimum atomic E-state index is -0.915. The fourth-order valence-corrected chi connectivity index (χ4v) is 3.64. The van der Waals surface area contributed by atoms with Gasteiger partial charge >= 0.3 is 0 Å². The summed E-state index contributed by atoms with van der Waals surface area (Å²) in [7, 11) is -0.915. The lowest BCUT2D eigenvalue weighted by atomic mass is 10.1. The highest BCUT2D eigenvalue weighted by Gasteiger charge is 2.09. The maximum absolute atomic E-state index is 11.6. The summed E-state index contributed by atoms with van der Waals surface area (Å²) < 4.78 is 11.6. The standard InChI is InChI=1S/C15H16OS2/c1-11-12(2)15(18(3)16)10-9-14(11)17-13-7-5-4-6-8-13/h4-10H,1-3H3. The van der Waals surface area contributed by atoms with Gasteiger partial charge in [0, 0.05) is 20.9 Å². The third-order valence-corrected chi connectivity index (χ3v) is 5.20. The largest absolute Gasteiger partial charge is 0.255 e. The number of benzene rings is 2. The smallest absolute Gasteiger partial charge is 0.0500 e. The minimum Gasteiger partial charge on any atom is -0.255 e. The van der Waals surface area contributed by atoms with Crippen LogP contribution in [0, 0.1) is 13.8 Å². The Balaban J connectivity index is 2.36. The second-order valence-electron chi connectivity index (χ2n) is 4.18. The molecule has 0 heterocycles. The summed E-state index contributed by atoms with van der Waals surface area (Å²) in [6.45, 7) is 4.14. The summed E-state index contributed by atoms with van der Waals surface area (Å²) >= 11 is 1.75. The van der Waals surface area contributed by atoms with Gasteiger partial charge in [0.25, 0.3) is 0 Å². The SMILES string of the molecule is Cc1c(Sc2ccccc2)ccc(S(C)=O)c1C. The highest BCUT2D eigenvalue weighted by Crippen LogP contribution is 2.33. The van der Waals surface area contributed by atoms with Gasteiger partial charge in [-0.3, -0.25) is 4.21 Å². The van der Waals surface area contributed by atoms with Crippen LogP contribution in [0.3, 0.4) is 0 Å². The Morgan fingerprint density at radius 3 is 2.22 bits per heavy atom.